The van der Waals surface area contributed by atoms with Crippen LogP contribution in [0.3, 0.4) is 0 Å². The molecule has 0 unspecified atom stereocenters. The van der Waals surface area contributed by atoms with E-state index in [1.54, 1.807) is 45.4 Å². The highest BCUT2D eigenvalue weighted by molar-refractivity contribution is 7.92. The van der Waals surface area contributed by atoms with Crippen LogP contribution < -0.4 is 10.7 Å². The van der Waals surface area contributed by atoms with Gasteiger partial charge in [-0.2, -0.15) is 9.73 Å². The van der Waals surface area contributed by atoms with E-state index in [1.807, 2.05) is 44.1 Å². The van der Waals surface area contributed by atoms with Crippen LogP contribution in [0.1, 0.15) is 83.7 Å². The minimum Gasteiger partial charge on any atom is -0.508 e. The highest BCUT2D eigenvalue weighted by Gasteiger charge is 2.42. The second-order valence-electron chi connectivity index (χ2n) is 20.6. The van der Waals surface area contributed by atoms with Crippen LogP contribution in [0.4, 0.5) is 0 Å². The molecular formula is C52H72N9O9S+. The molecular weight excluding hydrogens is 927 g/mol. The molecule has 384 valence electrons. The zero-order valence-corrected chi connectivity index (χ0v) is 43.7. The van der Waals surface area contributed by atoms with Crippen LogP contribution in [0.15, 0.2) is 66.2 Å². The Hall–Kier alpha value is -5.73. The van der Waals surface area contributed by atoms with E-state index in [1.165, 1.54) is 21.3 Å². The third kappa shape index (κ3) is 11.8. The van der Waals surface area contributed by atoms with Gasteiger partial charge >= 0.3 is 6.17 Å². The van der Waals surface area contributed by atoms with Crippen LogP contribution in [-0.2, 0) is 53.4 Å². The van der Waals surface area contributed by atoms with E-state index in [4.69, 9.17) is 14.6 Å². The normalized spacial score (nSPS) is 21.1. The Labute approximate surface area is 417 Å². The molecule has 0 saturated carbocycles. The Kier molecular flexibility index (Phi) is 16.4. The van der Waals surface area contributed by atoms with Crippen LogP contribution in [0.5, 0.6) is 5.75 Å². The summed E-state index contributed by atoms with van der Waals surface area (Å²) >= 11 is 0. The predicted molar refractivity (Wildman–Crippen MR) is 272 cm³/mol. The Morgan fingerprint density at radius 3 is 2.55 bits per heavy atom. The summed E-state index contributed by atoms with van der Waals surface area (Å²) in [5, 5.41) is 17.8. The molecule has 3 aliphatic rings. The number of carbonyl (C=O) groups excluding carboxylic acids is 3. The first kappa shape index (κ1) is 53.1. The highest BCUT2D eigenvalue weighted by Crippen LogP contribution is 2.42. The fraction of sp³-hybridized carbons (Fsp3) is 0.538. The maximum Gasteiger partial charge on any atom is 0.326 e. The number of hydrazine groups is 1. The molecule has 2 aromatic heterocycles. The molecule has 3 N–H and O–H groups in total. The standard InChI is InChI=1S/C52H71N9O9S/c1-11-59-44-18-17-36-29-41(44)42(48(59)40-15-12-20-53-46(40)34(4)69-10)30-52(5,6)32-70-61(66)45-16-13-22-60(55-45)51(65)43(27-35-25-38(36)28-39(62)26-35)54-49(63)47(33(2)3)57(9)50(64)37-19-23-58(31-37)71(67,68)24-14-21-56(7)8/h12,14-15,17-18,20,24-26,28-29,33-34,37,43,45,47,55H,11,13,16,19,21-23,27,30-32H2,1-10H3,(H-,54,62,63)/p+1/b24-14+/t34-,37-,43-,45+,47-/m0/s1. The summed E-state index contributed by atoms with van der Waals surface area (Å²) in [6.07, 6.45) is 3.70. The maximum atomic E-state index is 14.8. The van der Waals surface area contributed by atoms with Crippen LogP contribution in [0, 0.1) is 22.2 Å². The molecule has 3 aliphatic heterocycles. The number of aryl methyl sites for hydroxylation is 1. The largest absolute Gasteiger partial charge is 0.508 e. The average Bonchev–Trinajstić information content (AvgIpc) is 3.95. The van der Waals surface area contributed by atoms with Gasteiger partial charge in [-0.05, 0) is 112 Å². The van der Waals surface area contributed by atoms with Crippen molar-refractivity contribution >= 4 is 38.6 Å². The first-order valence-corrected chi connectivity index (χ1v) is 26.1. The summed E-state index contributed by atoms with van der Waals surface area (Å²) in [4.78, 5) is 72.0. The third-order valence-corrected chi connectivity index (χ3v) is 15.5. The molecule has 5 heterocycles. The molecule has 0 spiro atoms. The second-order valence-corrected chi connectivity index (χ2v) is 22.4. The number of carbonyl (C=O) groups is 3. The lowest BCUT2D eigenvalue weighted by atomic mass is 9.84. The number of aromatic nitrogens is 2. The Balaban J connectivity index is 1.26. The monoisotopic (exact) mass is 999 g/mol. The topological polar surface area (TPSA) is 199 Å². The molecule has 19 heteroatoms. The number of amides is 3. The number of nitrogens with one attached hydrogen (secondary N) is 2. The van der Waals surface area contributed by atoms with Gasteiger partial charge in [0.1, 0.15) is 17.8 Å². The number of ether oxygens (including phenoxy) is 1. The van der Waals surface area contributed by atoms with Gasteiger partial charge in [-0.15, -0.1) is 0 Å². The van der Waals surface area contributed by atoms with Crippen molar-refractivity contribution in [3.05, 3.63) is 87.9 Å². The molecule has 0 aliphatic carbocycles. The number of nitrogens with zero attached hydrogens (tertiary/aromatic N) is 7. The van der Waals surface area contributed by atoms with E-state index < -0.39 is 57.3 Å². The zero-order chi connectivity index (χ0) is 51.5. The Morgan fingerprint density at radius 1 is 1.08 bits per heavy atom. The molecule has 6 bridgehead atoms. The molecule has 2 saturated heterocycles. The van der Waals surface area contributed by atoms with Gasteiger partial charge in [0.25, 0.3) is 5.91 Å². The number of likely N-dealkylation sites (N-methyl/N-ethyl adjacent to an activating group) is 2. The van der Waals surface area contributed by atoms with E-state index in [2.05, 4.69) is 54.3 Å². The minimum absolute atomic E-state index is 0.0239. The minimum atomic E-state index is -3.76. The van der Waals surface area contributed by atoms with E-state index in [0.717, 1.165) is 44.4 Å². The summed E-state index contributed by atoms with van der Waals surface area (Å²) in [6, 6.07) is 13.1. The summed E-state index contributed by atoms with van der Waals surface area (Å²) in [6.45, 7) is 13.3. The summed E-state index contributed by atoms with van der Waals surface area (Å²) in [5.41, 5.74) is 9.29. The molecule has 71 heavy (non-hydrogen) atoms. The molecule has 0 radical (unpaired) electrons. The smallest absolute Gasteiger partial charge is 0.326 e. The van der Waals surface area contributed by atoms with Crippen molar-refractivity contribution in [1.29, 1.82) is 0 Å². The summed E-state index contributed by atoms with van der Waals surface area (Å²) < 4.78 is 35.6. The Morgan fingerprint density at radius 2 is 1.85 bits per heavy atom. The lowest BCUT2D eigenvalue weighted by molar-refractivity contribution is -0.835. The first-order valence-electron chi connectivity index (χ1n) is 24.6. The number of pyridine rings is 1. The lowest BCUT2D eigenvalue weighted by Gasteiger charge is -2.35. The quantitative estimate of drug-likeness (QED) is 0.146. The number of hydrogen-bond acceptors (Lipinski definition) is 12. The number of rotatable bonds is 13. The van der Waals surface area contributed by atoms with Crippen LogP contribution in [-0.4, -0.2) is 144 Å². The van der Waals surface area contributed by atoms with E-state index in [9.17, 15) is 32.8 Å². The highest BCUT2D eigenvalue weighted by atomic mass is 32.2. The van der Waals surface area contributed by atoms with Crippen LogP contribution >= 0.6 is 0 Å². The number of phenols is 1. The third-order valence-electron chi connectivity index (χ3n) is 13.9. The number of hydrogen-bond donors (Lipinski definition) is 3. The van der Waals surface area contributed by atoms with Gasteiger partial charge < -0.3 is 29.5 Å². The van der Waals surface area contributed by atoms with Gasteiger partial charge in [-0.3, -0.25) is 24.4 Å². The number of phenolic OH excluding ortho intramolecular Hbond substituents is 1. The number of benzene rings is 2. The second kappa shape index (κ2) is 21.9. The first-order chi connectivity index (χ1) is 33.6. The SMILES string of the molecule is CCn1c(-c2cccnc2[C@H](C)OC)c2c3cc(ccc31)-c1cc(O)cc(c1)C[C@H](NC(=O)[C@H](C(C)C)N(C)C(=O)[C@H]1CCN(S(=O)(=O)/C=C/CN(C)C)C1)C(=O)N1CCC[C@H](N1)[N+](=O)OCC(C)(C)C2. The van der Waals surface area contributed by atoms with Crippen LogP contribution in [0.2, 0.25) is 0 Å². The van der Waals surface area contributed by atoms with Gasteiger partial charge in [-0.25, -0.2) is 13.3 Å². The molecule has 4 aromatic rings. The van der Waals surface area contributed by atoms with E-state index in [-0.39, 0.29) is 56.8 Å². The lowest BCUT2D eigenvalue weighted by Crippen LogP contribution is -2.62. The van der Waals surface area contributed by atoms with Gasteiger partial charge in [0, 0.05) is 93.2 Å². The molecule has 5 atom stereocenters. The number of fused-ring (bicyclic) bond motifs is 6. The van der Waals surface area contributed by atoms with Crippen molar-refractivity contribution in [3.63, 3.8) is 0 Å². The van der Waals surface area contributed by atoms with Crippen molar-refractivity contribution in [1.82, 2.24) is 39.4 Å². The van der Waals surface area contributed by atoms with Gasteiger partial charge in [-0.1, -0.05) is 45.9 Å². The predicted octanol–water partition coefficient (Wildman–Crippen LogP) is 5.79. The molecule has 2 aromatic carbocycles. The Bertz CT molecular complexity index is 2770. The van der Waals surface area contributed by atoms with Crippen molar-refractivity contribution in [3.8, 4) is 28.1 Å². The summed E-state index contributed by atoms with van der Waals surface area (Å²) in [7, 11) is 3.10. The molecule has 2 fully saturated rings. The zero-order valence-electron chi connectivity index (χ0n) is 42.8. The van der Waals surface area contributed by atoms with Gasteiger partial charge in [0.2, 0.25) is 26.8 Å². The fourth-order valence-electron chi connectivity index (χ4n) is 10.2. The number of aromatic hydroxyl groups is 1. The van der Waals surface area contributed by atoms with Crippen molar-refractivity contribution in [2.24, 2.45) is 17.3 Å². The van der Waals surface area contributed by atoms with Crippen molar-refractivity contribution < 1.29 is 42.4 Å². The molecule has 18 nitrogen and oxygen atoms in total. The van der Waals surface area contributed by atoms with Gasteiger partial charge in [0.15, 0.2) is 6.61 Å². The summed E-state index contributed by atoms with van der Waals surface area (Å²) in [5.74, 6) is -2.61. The van der Waals surface area contributed by atoms with Crippen LogP contribution in [0.25, 0.3) is 33.3 Å². The number of sulfonamides is 1. The van der Waals surface area contributed by atoms with E-state index in [0.29, 0.717) is 48.4 Å². The molecule has 7 rings (SSSR count). The number of methoxy groups -OCH3 is 1. The van der Waals surface area contributed by atoms with E-state index >= 15 is 0 Å². The van der Waals surface area contributed by atoms with Crippen molar-refractivity contribution in [2.45, 2.75) is 105 Å². The average molecular weight is 999 g/mol. The maximum absolute atomic E-state index is 14.8. The van der Waals surface area contributed by atoms with Crippen molar-refractivity contribution in [2.75, 3.05) is 61.0 Å². The van der Waals surface area contributed by atoms with Gasteiger partial charge in [0.05, 0.1) is 28.3 Å². The fourth-order valence-corrected chi connectivity index (χ4v) is 11.5. The molecule has 3 amide bonds.